The molecule has 10 heteroatoms. The fourth-order valence-corrected chi connectivity index (χ4v) is 7.00. The number of anilines is 3. The average molecular weight is 683 g/mol. The second kappa shape index (κ2) is 14.3. The van der Waals surface area contributed by atoms with Gasteiger partial charge in [0.25, 0.3) is 11.8 Å². The molecule has 1 aliphatic heterocycles. The van der Waals surface area contributed by atoms with Gasteiger partial charge < -0.3 is 10.6 Å². The summed E-state index contributed by atoms with van der Waals surface area (Å²) in [5.41, 5.74) is 3.04. The molecule has 46 heavy (non-hydrogen) atoms. The maximum absolute atomic E-state index is 13.7. The van der Waals surface area contributed by atoms with Gasteiger partial charge in [0.1, 0.15) is 5.70 Å². The summed E-state index contributed by atoms with van der Waals surface area (Å²) in [4.78, 5) is 44.8. The van der Waals surface area contributed by atoms with E-state index >= 15 is 0 Å². The van der Waals surface area contributed by atoms with Crippen molar-refractivity contribution >= 4 is 87.6 Å². The molecule has 6 rings (SSSR count). The van der Waals surface area contributed by atoms with Gasteiger partial charge in [-0.25, -0.2) is 0 Å². The summed E-state index contributed by atoms with van der Waals surface area (Å²) in [6.07, 6.45) is 1.48. The smallest absolute Gasteiger partial charge is 0.272 e. The molecule has 0 aliphatic carbocycles. The van der Waals surface area contributed by atoms with Crippen LogP contribution in [0.2, 0.25) is 10.0 Å². The highest BCUT2D eigenvalue weighted by Crippen LogP contribution is 2.48. The molecule has 0 aromatic heterocycles. The molecule has 3 amide bonds. The number of rotatable bonds is 8. The molecule has 0 bridgehead atoms. The van der Waals surface area contributed by atoms with Crippen molar-refractivity contribution in [2.45, 2.75) is 14.7 Å². The molecule has 228 valence electrons. The van der Waals surface area contributed by atoms with Crippen LogP contribution in [0, 0.1) is 0 Å². The van der Waals surface area contributed by atoms with Gasteiger partial charge in [0.15, 0.2) is 0 Å². The van der Waals surface area contributed by atoms with Gasteiger partial charge >= 0.3 is 0 Å². The van der Waals surface area contributed by atoms with Gasteiger partial charge in [0.05, 0.1) is 27.2 Å². The Balaban J connectivity index is 1.19. The number of carbonyl (C=O) groups is 3. The molecule has 0 spiro atoms. The minimum Gasteiger partial charge on any atom is -0.321 e. The van der Waals surface area contributed by atoms with Crippen LogP contribution in [-0.4, -0.2) is 23.5 Å². The Kier molecular flexibility index (Phi) is 9.80. The third-order valence-electron chi connectivity index (χ3n) is 6.95. The number of nitrogens with one attached hydrogen (secondary N) is 2. The van der Waals surface area contributed by atoms with E-state index in [0.29, 0.717) is 21.8 Å². The number of thioether (sulfide) groups is 1. The Bertz CT molecular complexity index is 1940. The lowest BCUT2D eigenvalue weighted by Crippen LogP contribution is -2.30. The number of nitrogens with zero attached hydrogens (tertiary/aromatic N) is 1. The molecular weight excluding hydrogens is 657 g/mol. The first kappa shape index (κ1) is 31.5. The van der Waals surface area contributed by atoms with Crippen LogP contribution in [0.5, 0.6) is 0 Å². The second-order valence-corrected chi connectivity index (χ2v) is 13.0. The van der Waals surface area contributed by atoms with E-state index in [0.717, 1.165) is 26.1 Å². The predicted octanol–water partition coefficient (Wildman–Crippen LogP) is 9.32. The number of amides is 3. The van der Waals surface area contributed by atoms with E-state index in [1.165, 1.54) is 17.8 Å². The lowest BCUT2D eigenvalue weighted by molar-refractivity contribution is -0.115. The Labute approximate surface area is 284 Å². The molecule has 0 unspecified atom stereocenters. The SMILES string of the molecule is O=C(Nc1cccc(SCC(=O)N2c3ccccc3Sc3ccccc32)c1)/C(=C/c1cccc(Cl)c1Cl)NC(=O)c1ccccc1. The molecule has 0 saturated heterocycles. The number of benzene rings is 5. The number of fused-ring (bicyclic) bond motifs is 2. The maximum atomic E-state index is 13.7. The number of para-hydroxylation sites is 2. The van der Waals surface area contributed by atoms with Crippen LogP contribution in [0.1, 0.15) is 15.9 Å². The van der Waals surface area contributed by atoms with Crippen LogP contribution < -0.4 is 15.5 Å². The molecule has 5 aromatic rings. The van der Waals surface area contributed by atoms with Gasteiger partial charge in [-0.1, -0.05) is 95.6 Å². The third-order valence-corrected chi connectivity index (χ3v) is 9.89. The van der Waals surface area contributed by atoms with E-state index in [1.807, 2.05) is 54.6 Å². The van der Waals surface area contributed by atoms with E-state index in [9.17, 15) is 14.4 Å². The van der Waals surface area contributed by atoms with Crippen molar-refractivity contribution in [1.82, 2.24) is 5.32 Å². The molecule has 5 aromatic carbocycles. The largest absolute Gasteiger partial charge is 0.321 e. The van der Waals surface area contributed by atoms with Crippen LogP contribution >= 0.6 is 46.7 Å². The molecule has 0 fully saturated rings. The topological polar surface area (TPSA) is 78.5 Å². The summed E-state index contributed by atoms with van der Waals surface area (Å²) in [7, 11) is 0. The summed E-state index contributed by atoms with van der Waals surface area (Å²) in [6, 6.07) is 36.5. The fraction of sp³-hybridized carbons (Fsp3) is 0.0278. The first-order chi connectivity index (χ1) is 22.4. The van der Waals surface area contributed by atoms with Crippen molar-refractivity contribution < 1.29 is 14.4 Å². The Morgan fingerprint density at radius 2 is 1.41 bits per heavy atom. The molecule has 0 radical (unpaired) electrons. The normalized spacial score (nSPS) is 12.1. The molecule has 0 saturated carbocycles. The second-order valence-electron chi connectivity index (χ2n) is 10.1. The monoisotopic (exact) mass is 681 g/mol. The van der Waals surface area contributed by atoms with Crippen molar-refractivity contribution in [3.05, 3.63) is 148 Å². The first-order valence-electron chi connectivity index (χ1n) is 14.1. The first-order valence-corrected chi connectivity index (χ1v) is 16.7. The molecule has 6 nitrogen and oxygen atoms in total. The highest BCUT2D eigenvalue weighted by atomic mass is 35.5. The van der Waals surface area contributed by atoms with Crippen molar-refractivity contribution in [2.24, 2.45) is 0 Å². The molecule has 2 N–H and O–H groups in total. The summed E-state index contributed by atoms with van der Waals surface area (Å²) < 4.78 is 0. The average Bonchev–Trinajstić information content (AvgIpc) is 3.08. The molecule has 0 atom stereocenters. The standard InChI is InChI=1S/C36H25Cl2N3O3S2/c37-27-15-8-12-24(34(27)38)20-28(40-35(43)23-10-2-1-3-11-23)36(44)39-25-13-9-14-26(21-25)45-22-33(42)41-29-16-4-6-18-31(29)46-32-19-7-5-17-30(32)41/h1-21H,22H2,(H,39,44)(H,40,43)/b28-20-. The van der Waals surface area contributed by atoms with E-state index in [1.54, 1.807) is 83.4 Å². The van der Waals surface area contributed by atoms with Crippen LogP contribution in [0.25, 0.3) is 6.08 Å². The third kappa shape index (κ3) is 7.16. The highest BCUT2D eigenvalue weighted by Gasteiger charge is 2.27. The van der Waals surface area contributed by atoms with Crippen LogP contribution in [0.15, 0.2) is 142 Å². The lowest BCUT2D eigenvalue weighted by Gasteiger charge is -2.31. The Morgan fingerprint density at radius 3 is 2.13 bits per heavy atom. The molecular formula is C36H25Cl2N3O3S2. The van der Waals surface area contributed by atoms with Gasteiger partial charge in [-0.3, -0.25) is 19.3 Å². The van der Waals surface area contributed by atoms with Crippen LogP contribution in [0.3, 0.4) is 0 Å². The van der Waals surface area contributed by atoms with Crippen molar-refractivity contribution in [1.29, 1.82) is 0 Å². The highest BCUT2D eigenvalue weighted by molar-refractivity contribution is 8.00. The van der Waals surface area contributed by atoms with Gasteiger partial charge in [-0.2, -0.15) is 0 Å². The van der Waals surface area contributed by atoms with Gasteiger partial charge in [-0.05, 0) is 72.3 Å². The zero-order valence-electron chi connectivity index (χ0n) is 24.1. The summed E-state index contributed by atoms with van der Waals surface area (Å²) in [6.45, 7) is 0. The maximum Gasteiger partial charge on any atom is 0.272 e. The molecule has 1 heterocycles. The molecule has 1 aliphatic rings. The number of hydrogen-bond donors (Lipinski definition) is 2. The number of halogens is 2. The van der Waals surface area contributed by atoms with Crippen molar-refractivity contribution in [2.75, 3.05) is 16.0 Å². The quantitative estimate of drug-likeness (QED) is 0.126. The Hall–Kier alpha value is -4.47. The van der Waals surface area contributed by atoms with Crippen LogP contribution in [0.4, 0.5) is 17.1 Å². The van der Waals surface area contributed by atoms with Crippen molar-refractivity contribution in [3.8, 4) is 0 Å². The van der Waals surface area contributed by atoms with E-state index in [4.69, 9.17) is 23.2 Å². The van der Waals surface area contributed by atoms with E-state index in [-0.39, 0.29) is 22.4 Å². The fourth-order valence-electron chi connectivity index (χ4n) is 4.77. The Morgan fingerprint density at radius 1 is 0.761 bits per heavy atom. The summed E-state index contributed by atoms with van der Waals surface area (Å²) in [5.74, 6) is -0.900. The summed E-state index contributed by atoms with van der Waals surface area (Å²) in [5, 5.41) is 6.14. The zero-order valence-corrected chi connectivity index (χ0v) is 27.2. The van der Waals surface area contributed by atoms with Crippen LogP contribution in [-0.2, 0) is 9.59 Å². The van der Waals surface area contributed by atoms with Crippen molar-refractivity contribution in [3.63, 3.8) is 0 Å². The lowest BCUT2D eigenvalue weighted by atomic mass is 10.1. The van der Waals surface area contributed by atoms with Gasteiger partial charge in [0, 0.05) is 25.9 Å². The predicted molar refractivity (Wildman–Crippen MR) is 188 cm³/mol. The van der Waals surface area contributed by atoms with Gasteiger partial charge in [0.2, 0.25) is 5.91 Å². The minimum absolute atomic E-state index is 0.0217. The number of hydrogen-bond acceptors (Lipinski definition) is 5. The van der Waals surface area contributed by atoms with Gasteiger partial charge in [-0.15, -0.1) is 11.8 Å². The van der Waals surface area contributed by atoms with E-state index in [2.05, 4.69) is 10.6 Å². The minimum atomic E-state index is -0.558. The summed E-state index contributed by atoms with van der Waals surface area (Å²) >= 11 is 15.6. The number of carbonyl (C=O) groups excluding carboxylic acids is 3. The zero-order chi connectivity index (χ0) is 32.0. The van der Waals surface area contributed by atoms with E-state index < -0.39 is 11.8 Å².